The van der Waals surface area contributed by atoms with Crippen LogP contribution < -0.4 is 0 Å². The van der Waals surface area contributed by atoms with Crippen LogP contribution >= 0.6 is 11.3 Å². The van der Waals surface area contributed by atoms with Gasteiger partial charge in [-0.3, -0.25) is 0 Å². The maximum Gasteiger partial charge on any atom is 0.165 e. The number of fused-ring (bicyclic) bond motifs is 1. The predicted octanol–water partition coefficient (Wildman–Crippen LogP) is 3.42. The topological polar surface area (TPSA) is 60.9 Å². The van der Waals surface area contributed by atoms with Crippen molar-refractivity contribution < 1.29 is 0 Å². The number of thiazole rings is 1. The minimum absolute atomic E-state index is 0.476. The van der Waals surface area contributed by atoms with Gasteiger partial charge in [-0.2, -0.15) is 5.10 Å². The summed E-state index contributed by atoms with van der Waals surface area (Å²) < 4.78 is 3.91. The Morgan fingerprint density at radius 3 is 2.92 bits per heavy atom. The third kappa shape index (κ3) is 2.71. The maximum absolute atomic E-state index is 4.71. The first kappa shape index (κ1) is 15.0. The predicted molar refractivity (Wildman–Crippen MR) is 94.1 cm³/mol. The molecule has 6 nitrogen and oxygen atoms in total. The Hall–Kier alpha value is -2.54. The van der Waals surface area contributed by atoms with Crippen molar-refractivity contribution in [2.24, 2.45) is 0 Å². The number of hydrogen-bond donors (Lipinski definition) is 0. The van der Waals surface area contributed by atoms with Gasteiger partial charge in [-0.1, -0.05) is 13.8 Å². The van der Waals surface area contributed by atoms with Crippen LogP contribution in [0.15, 0.2) is 42.4 Å². The smallest absolute Gasteiger partial charge is 0.165 e. The fourth-order valence-electron chi connectivity index (χ4n) is 2.64. The SMILES string of the molecule is CC(C)c1csc(CCn2ccnc2-c2cnn3cccnc23)n1. The molecule has 0 atom stereocenters. The minimum atomic E-state index is 0.476. The molecule has 0 N–H and O–H groups in total. The van der Waals surface area contributed by atoms with Gasteiger partial charge in [-0.05, 0) is 12.0 Å². The first-order chi connectivity index (χ1) is 11.7. The van der Waals surface area contributed by atoms with E-state index in [0.717, 1.165) is 35.0 Å². The zero-order valence-electron chi connectivity index (χ0n) is 13.6. The Kier molecular flexibility index (Phi) is 3.86. The van der Waals surface area contributed by atoms with Crippen LogP contribution in [0.4, 0.5) is 0 Å². The number of aromatic nitrogens is 6. The van der Waals surface area contributed by atoms with Crippen molar-refractivity contribution in [3.63, 3.8) is 0 Å². The second kappa shape index (κ2) is 6.16. The molecule has 0 aliphatic carbocycles. The molecule has 0 spiro atoms. The van der Waals surface area contributed by atoms with Gasteiger partial charge < -0.3 is 4.57 Å². The molecule has 0 bridgehead atoms. The molecular formula is C17H18N6S. The molecule has 0 aliphatic heterocycles. The van der Waals surface area contributed by atoms with E-state index >= 15 is 0 Å². The van der Waals surface area contributed by atoms with Gasteiger partial charge >= 0.3 is 0 Å². The summed E-state index contributed by atoms with van der Waals surface area (Å²) in [6.45, 7) is 5.18. The first-order valence-corrected chi connectivity index (χ1v) is 8.84. The van der Waals surface area contributed by atoms with Crippen LogP contribution in [-0.2, 0) is 13.0 Å². The maximum atomic E-state index is 4.71. The second-order valence-electron chi connectivity index (χ2n) is 5.96. The Morgan fingerprint density at radius 2 is 2.08 bits per heavy atom. The van der Waals surface area contributed by atoms with E-state index in [4.69, 9.17) is 4.98 Å². The van der Waals surface area contributed by atoms with Crippen molar-refractivity contribution in [2.75, 3.05) is 0 Å². The lowest BCUT2D eigenvalue weighted by atomic mass is 10.2. The van der Waals surface area contributed by atoms with Crippen molar-refractivity contribution in [2.45, 2.75) is 32.7 Å². The highest BCUT2D eigenvalue weighted by molar-refractivity contribution is 7.09. The number of rotatable bonds is 5. The van der Waals surface area contributed by atoms with Crippen LogP contribution in [0.1, 0.15) is 30.5 Å². The van der Waals surface area contributed by atoms with Gasteiger partial charge in [0, 0.05) is 43.1 Å². The van der Waals surface area contributed by atoms with Crippen molar-refractivity contribution in [1.82, 2.24) is 29.1 Å². The van der Waals surface area contributed by atoms with E-state index in [1.165, 1.54) is 5.69 Å². The van der Waals surface area contributed by atoms with Gasteiger partial charge in [0.25, 0.3) is 0 Å². The largest absolute Gasteiger partial charge is 0.330 e. The van der Waals surface area contributed by atoms with E-state index in [0.29, 0.717) is 5.92 Å². The van der Waals surface area contributed by atoms with Gasteiger partial charge in [0.05, 0.1) is 22.5 Å². The summed E-state index contributed by atoms with van der Waals surface area (Å²) in [5.41, 5.74) is 2.94. The van der Waals surface area contributed by atoms with E-state index in [9.17, 15) is 0 Å². The molecule has 122 valence electrons. The highest BCUT2D eigenvalue weighted by Crippen LogP contribution is 2.23. The van der Waals surface area contributed by atoms with Crippen LogP contribution in [0.25, 0.3) is 17.0 Å². The summed E-state index contributed by atoms with van der Waals surface area (Å²) in [6.07, 6.45) is 10.2. The molecule has 0 amide bonds. The molecule has 0 unspecified atom stereocenters. The van der Waals surface area contributed by atoms with Crippen molar-refractivity contribution >= 4 is 17.0 Å². The van der Waals surface area contributed by atoms with Crippen molar-refractivity contribution in [3.8, 4) is 11.4 Å². The number of nitrogens with zero attached hydrogens (tertiary/aromatic N) is 6. The molecule has 0 saturated carbocycles. The lowest BCUT2D eigenvalue weighted by molar-refractivity contribution is 0.696. The number of hydrogen-bond acceptors (Lipinski definition) is 5. The van der Waals surface area contributed by atoms with E-state index in [1.807, 2.05) is 30.9 Å². The third-order valence-corrected chi connectivity index (χ3v) is 4.89. The van der Waals surface area contributed by atoms with Crippen LogP contribution in [-0.4, -0.2) is 29.1 Å². The van der Waals surface area contributed by atoms with Crippen molar-refractivity contribution in [3.05, 3.63) is 53.1 Å². The first-order valence-electron chi connectivity index (χ1n) is 7.96. The van der Waals surface area contributed by atoms with Gasteiger partial charge in [-0.25, -0.2) is 19.5 Å². The summed E-state index contributed by atoms with van der Waals surface area (Å²) in [5, 5.41) is 7.67. The molecule has 0 aromatic carbocycles. The van der Waals surface area contributed by atoms with E-state index in [-0.39, 0.29) is 0 Å². The van der Waals surface area contributed by atoms with Gasteiger partial charge in [0.15, 0.2) is 5.65 Å². The van der Waals surface area contributed by atoms with Crippen LogP contribution in [0.5, 0.6) is 0 Å². The minimum Gasteiger partial charge on any atom is -0.330 e. The molecule has 4 heterocycles. The quantitative estimate of drug-likeness (QED) is 0.559. The van der Waals surface area contributed by atoms with Gasteiger partial charge in [-0.15, -0.1) is 11.3 Å². The normalized spacial score (nSPS) is 11.6. The monoisotopic (exact) mass is 338 g/mol. The van der Waals surface area contributed by atoms with Crippen LogP contribution in [0.3, 0.4) is 0 Å². The summed E-state index contributed by atoms with van der Waals surface area (Å²) in [7, 11) is 0. The molecule has 4 aromatic heterocycles. The standard InChI is InChI=1S/C17H18N6S/c1-12(2)14-11-24-15(21-14)4-8-22-9-6-19-16(22)13-10-20-23-7-3-5-18-17(13)23/h3,5-7,9-12H,4,8H2,1-2H3. The zero-order valence-corrected chi connectivity index (χ0v) is 14.4. The average Bonchev–Trinajstić information content (AvgIpc) is 3.31. The molecule has 0 fully saturated rings. The van der Waals surface area contributed by atoms with E-state index in [2.05, 4.69) is 38.9 Å². The average molecular weight is 338 g/mol. The van der Waals surface area contributed by atoms with E-state index < -0.39 is 0 Å². The molecule has 0 saturated heterocycles. The second-order valence-corrected chi connectivity index (χ2v) is 6.90. The van der Waals surface area contributed by atoms with Gasteiger partial charge in [0.2, 0.25) is 0 Å². The number of aryl methyl sites for hydroxylation is 2. The molecule has 7 heteroatoms. The fourth-order valence-corrected chi connectivity index (χ4v) is 3.59. The summed E-state index contributed by atoms with van der Waals surface area (Å²) >= 11 is 1.73. The molecule has 4 aromatic rings. The Labute approximate surface area is 143 Å². The molecular weight excluding hydrogens is 320 g/mol. The Morgan fingerprint density at radius 1 is 1.17 bits per heavy atom. The van der Waals surface area contributed by atoms with Gasteiger partial charge in [0.1, 0.15) is 5.82 Å². The summed E-state index contributed by atoms with van der Waals surface area (Å²) in [4.78, 5) is 13.6. The molecule has 24 heavy (non-hydrogen) atoms. The number of imidazole rings is 1. The molecule has 0 aliphatic rings. The highest BCUT2D eigenvalue weighted by Gasteiger charge is 2.13. The van der Waals surface area contributed by atoms with E-state index in [1.54, 1.807) is 22.0 Å². The summed E-state index contributed by atoms with van der Waals surface area (Å²) in [6, 6.07) is 1.87. The Bertz CT molecular complexity index is 964. The third-order valence-electron chi connectivity index (χ3n) is 3.96. The lowest BCUT2D eigenvalue weighted by Crippen LogP contribution is -2.03. The van der Waals surface area contributed by atoms with Crippen LogP contribution in [0.2, 0.25) is 0 Å². The highest BCUT2D eigenvalue weighted by atomic mass is 32.1. The molecule has 4 rings (SSSR count). The zero-order chi connectivity index (χ0) is 16.5. The fraction of sp³-hybridized carbons (Fsp3) is 0.294. The molecule has 0 radical (unpaired) electrons. The lowest BCUT2D eigenvalue weighted by Gasteiger charge is -2.05. The van der Waals surface area contributed by atoms with Crippen LogP contribution in [0, 0.1) is 0 Å². The summed E-state index contributed by atoms with van der Waals surface area (Å²) in [5.74, 6) is 1.37. The Balaban J connectivity index is 1.58. The van der Waals surface area contributed by atoms with Crippen molar-refractivity contribution in [1.29, 1.82) is 0 Å².